The van der Waals surface area contributed by atoms with Crippen molar-refractivity contribution in [2.45, 2.75) is 24.8 Å². The highest BCUT2D eigenvalue weighted by Crippen LogP contribution is 2.27. The number of aryl methyl sites for hydroxylation is 3. The van der Waals surface area contributed by atoms with Gasteiger partial charge in [-0.2, -0.15) is 4.72 Å². The number of nitrogens with zero attached hydrogens (tertiary/aromatic N) is 3. The summed E-state index contributed by atoms with van der Waals surface area (Å²) in [4.78, 5) is 4.36. The van der Waals surface area contributed by atoms with Crippen LogP contribution in [0.4, 0.5) is 0 Å². The zero-order valence-electron chi connectivity index (χ0n) is 14.9. The summed E-state index contributed by atoms with van der Waals surface area (Å²) >= 11 is 0. The summed E-state index contributed by atoms with van der Waals surface area (Å²) in [5, 5.41) is 3.74. The molecular weight excluding hydrogens is 356 g/mol. The molecule has 0 unspecified atom stereocenters. The van der Waals surface area contributed by atoms with Gasteiger partial charge in [-0.3, -0.25) is 0 Å². The minimum atomic E-state index is -3.89. The Kier molecular flexibility index (Phi) is 4.84. The Bertz CT molecular complexity index is 1000. The highest BCUT2D eigenvalue weighted by molar-refractivity contribution is 7.89. The third-order valence-electron chi connectivity index (χ3n) is 4.05. The van der Waals surface area contributed by atoms with E-state index in [2.05, 4.69) is 14.9 Å². The summed E-state index contributed by atoms with van der Waals surface area (Å²) in [6.07, 6.45) is 3.37. The maximum absolute atomic E-state index is 13.0. The van der Waals surface area contributed by atoms with Crippen LogP contribution in [0, 0.1) is 13.8 Å². The number of benzene rings is 1. The van der Waals surface area contributed by atoms with E-state index < -0.39 is 16.1 Å². The molecule has 1 atom stereocenters. The van der Waals surface area contributed by atoms with Gasteiger partial charge >= 0.3 is 0 Å². The van der Waals surface area contributed by atoms with Crippen LogP contribution < -0.4 is 9.46 Å². The predicted molar refractivity (Wildman–Crippen MR) is 94.3 cm³/mol. The first-order valence-electron chi connectivity index (χ1n) is 7.90. The first-order chi connectivity index (χ1) is 12.3. The molecule has 2 aromatic heterocycles. The predicted octanol–water partition coefficient (Wildman–Crippen LogP) is 2.10. The lowest BCUT2D eigenvalue weighted by Crippen LogP contribution is -2.31. The Labute approximate surface area is 151 Å². The van der Waals surface area contributed by atoms with Crippen molar-refractivity contribution < 1.29 is 17.7 Å². The summed E-state index contributed by atoms with van der Waals surface area (Å²) in [5.41, 5.74) is 1.01. The van der Waals surface area contributed by atoms with Gasteiger partial charge in [-0.15, -0.1) is 0 Å². The van der Waals surface area contributed by atoms with Crippen molar-refractivity contribution in [3.05, 3.63) is 59.5 Å². The maximum Gasteiger partial charge on any atom is 0.246 e. The molecule has 0 aliphatic carbocycles. The molecule has 0 fully saturated rings. The molecule has 1 aromatic carbocycles. The largest absolute Gasteiger partial charge is 0.497 e. The fraction of sp³-hybridized carbons (Fsp3) is 0.294. The van der Waals surface area contributed by atoms with Crippen LogP contribution in [0.5, 0.6) is 5.75 Å². The van der Waals surface area contributed by atoms with Crippen LogP contribution in [0.2, 0.25) is 0 Å². The third-order valence-corrected chi connectivity index (χ3v) is 5.72. The first-order valence-corrected chi connectivity index (χ1v) is 9.38. The minimum absolute atomic E-state index is 0.0413. The standard InChI is InChI=1S/C17H20N4O4S/c1-11-16(12(2)25-19-11)26(22,23)20-15(17-18-8-9-21(17)3)13-6-5-7-14(10-13)24-4/h5-10,15,20H,1-4H3/t15-/m0/s1. The van der Waals surface area contributed by atoms with Crippen molar-refractivity contribution in [1.82, 2.24) is 19.4 Å². The number of imidazole rings is 1. The van der Waals surface area contributed by atoms with Gasteiger partial charge in [0.25, 0.3) is 0 Å². The highest BCUT2D eigenvalue weighted by atomic mass is 32.2. The molecule has 0 aliphatic rings. The molecule has 138 valence electrons. The number of nitrogens with one attached hydrogen (secondary N) is 1. The summed E-state index contributed by atoms with van der Waals surface area (Å²) in [7, 11) is -0.525. The van der Waals surface area contributed by atoms with Crippen LogP contribution in [0.25, 0.3) is 0 Å². The van der Waals surface area contributed by atoms with Crippen LogP contribution in [0.3, 0.4) is 0 Å². The lowest BCUT2D eigenvalue weighted by atomic mass is 10.1. The number of ether oxygens (including phenoxy) is 1. The van der Waals surface area contributed by atoms with Crippen molar-refractivity contribution >= 4 is 10.0 Å². The monoisotopic (exact) mass is 376 g/mol. The average molecular weight is 376 g/mol. The second-order valence-corrected chi connectivity index (χ2v) is 7.53. The van der Waals surface area contributed by atoms with Crippen LogP contribution in [0.15, 0.2) is 46.1 Å². The Morgan fingerprint density at radius 1 is 1.31 bits per heavy atom. The maximum atomic E-state index is 13.0. The molecule has 3 rings (SSSR count). The number of methoxy groups -OCH3 is 1. The molecule has 0 aliphatic heterocycles. The van der Waals surface area contributed by atoms with Crippen molar-refractivity contribution in [2.24, 2.45) is 7.05 Å². The molecule has 26 heavy (non-hydrogen) atoms. The number of sulfonamides is 1. The van der Waals surface area contributed by atoms with Gasteiger partial charge in [-0.1, -0.05) is 17.3 Å². The highest BCUT2D eigenvalue weighted by Gasteiger charge is 2.30. The summed E-state index contributed by atoms with van der Waals surface area (Å²) in [6, 6.07) is 6.48. The quantitative estimate of drug-likeness (QED) is 0.707. The smallest absolute Gasteiger partial charge is 0.246 e. The van der Waals surface area contributed by atoms with E-state index in [0.29, 0.717) is 22.8 Å². The van der Waals surface area contributed by atoms with Crippen molar-refractivity contribution in [1.29, 1.82) is 0 Å². The Hall–Kier alpha value is -2.65. The Morgan fingerprint density at radius 3 is 2.65 bits per heavy atom. The van der Waals surface area contributed by atoms with E-state index in [-0.39, 0.29) is 10.7 Å². The molecule has 0 spiro atoms. The van der Waals surface area contributed by atoms with Crippen molar-refractivity contribution in [3.63, 3.8) is 0 Å². The summed E-state index contributed by atoms with van der Waals surface area (Å²) in [6.45, 7) is 3.16. The topological polar surface area (TPSA) is 99.2 Å². The lowest BCUT2D eigenvalue weighted by Gasteiger charge is -2.19. The van der Waals surface area contributed by atoms with Crippen LogP contribution in [-0.4, -0.2) is 30.2 Å². The summed E-state index contributed by atoms with van der Waals surface area (Å²) in [5.74, 6) is 1.41. The third kappa shape index (κ3) is 3.35. The van der Waals surface area contributed by atoms with Gasteiger partial charge in [0, 0.05) is 19.4 Å². The normalized spacial score (nSPS) is 12.9. The number of hydrogen-bond acceptors (Lipinski definition) is 6. The Morgan fingerprint density at radius 2 is 2.08 bits per heavy atom. The van der Waals surface area contributed by atoms with Crippen molar-refractivity contribution in [2.75, 3.05) is 7.11 Å². The second-order valence-electron chi connectivity index (χ2n) is 5.88. The second kappa shape index (κ2) is 6.93. The number of aromatic nitrogens is 3. The number of rotatable bonds is 6. The van der Waals surface area contributed by atoms with Gasteiger partial charge < -0.3 is 13.8 Å². The van der Waals surface area contributed by atoms with E-state index in [1.54, 1.807) is 63.2 Å². The zero-order valence-corrected chi connectivity index (χ0v) is 15.7. The fourth-order valence-corrected chi connectivity index (χ4v) is 4.33. The lowest BCUT2D eigenvalue weighted by molar-refractivity contribution is 0.390. The molecule has 0 bridgehead atoms. The number of hydrogen-bond donors (Lipinski definition) is 1. The molecule has 0 amide bonds. The van der Waals surface area contributed by atoms with E-state index >= 15 is 0 Å². The van der Waals surface area contributed by atoms with Crippen LogP contribution in [0.1, 0.15) is 28.9 Å². The fourth-order valence-electron chi connectivity index (χ4n) is 2.82. The van der Waals surface area contributed by atoms with E-state index in [1.165, 1.54) is 0 Å². The van der Waals surface area contributed by atoms with Gasteiger partial charge in [-0.25, -0.2) is 13.4 Å². The molecular formula is C17H20N4O4S. The molecule has 8 nitrogen and oxygen atoms in total. The first kappa shape index (κ1) is 18.2. The molecule has 9 heteroatoms. The van der Waals surface area contributed by atoms with Gasteiger partial charge in [0.15, 0.2) is 5.76 Å². The van der Waals surface area contributed by atoms with Crippen LogP contribution >= 0.6 is 0 Å². The molecule has 2 heterocycles. The van der Waals surface area contributed by atoms with Crippen LogP contribution in [-0.2, 0) is 17.1 Å². The molecule has 3 aromatic rings. The van der Waals surface area contributed by atoms with E-state index in [9.17, 15) is 8.42 Å². The molecule has 0 radical (unpaired) electrons. The van der Waals surface area contributed by atoms with E-state index in [4.69, 9.17) is 9.26 Å². The SMILES string of the molecule is COc1cccc([C@H](NS(=O)(=O)c2c(C)noc2C)c2nccn2C)c1. The molecule has 0 saturated carbocycles. The van der Waals surface area contributed by atoms with E-state index in [0.717, 1.165) is 0 Å². The van der Waals surface area contributed by atoms with Gasteiger partial charge in [0.05, 0.1) is 7.11 Å². The zero-order chi connectivity index (χ0) is 18.9. The van der Waals surface area contributed by atoms with E-state index in [1.807, 2.05) is 6.07 Å². The minimum Gasteiger partial charge on any atom is -0.497 e. The molecule has 0 saturated heterocycles. The van der Waals surface area contributed by atoms with Crippen molar-refractivity contribution in [3.8, 4) is 5.75 Å². The van der Waals surface area contributed by atoms with Gasteiger partial charge in [0.2, 0.25) is 10.0 Å². The summed E-state index contributed by atoms with van der Waals surface area (Å²) < 4.78 is 40.8. The average Bonchev–Trinajstić information content (AvgIpc) is 3.18. The van der Waals surface area contributed by atoms with Gasteiger partial charge in [-0.05, 0) is 31.5 Å². The molecule has 1 N–H and O–H groups in total. The Balaban J connectivity index is 2.09. The van der Waals surface area contributed by atoms with Gasteiger partial charge in [0.1, 0.15) is 28.2 Å².